The molecule has 0 aliphatic rings. The van der Waals surface area contributed by atoms with Crippen molar-refractivity contribution in [3.63, 3.8) is 0 Å². The molecule has 0 unspecified atom stereocenters. The number of amides is 2. The molecule has 7 nitrogen and oxygen atoms in total. The second-order valence-corrected chi connectivity index (χ2v) is 12.5. The summed E-state index contributed by atoms with van der Waals surface area (Å²) in [7, 11) is -4.18. The highest BCUT2D eigenvalue weighted by Crippen LogP contribution is 2.29. The monoisotopic (exact) mass is 603 g/mol. The minimum atomic E-state index is -4.18. The Hall–Kier alpha value is -3.07. The van der Waals surface area contributed by atoms with Crippen molar-refractivity contribution in [1.82, 2.24) is 10.2 Å². The number of anilines is 1. The highest BCUT2D eigenvalue weighted by atomic mass is 35.5. The summed E-state index contributed by atoms with van der Waals surface area (Å²) in [6.45, 7) is 8.56. The number of carbonyl (C=O) groups is 2. The van der Waals surface area contributed by atoms with Gasteiger partial charge in [0.1, 0.15) is 12.6 Å². The van der Waals surface area contributed by atoms with Gasteiger partial charge in [0.2, 0.25) is 11.8 Å². The average Bonchev–Trinajstić information content (AvgIpc) is 2.92. The molecule has 3 rings (SSSR count). The standard InChI is InChI=1S/C30H35Cl2N3O4S/c1-6-22(4)33-30(37)23(5)34(18-24-9-7-8-10-27(24)31)29(36)19-35(25-14-13-21(3)28(32)17-25)40(38,39)26-15-11-20(2)12-16-26/h7-17,22-23H,6,18-19H2,1-5H3,(H,33,37)/t22-,23-/m0/s1. The second kappa shape index (κ2) is 13.5. The Morgan fingerprint density at radius 2 is 1.57 bits per heavy atom. The van der Waals surface area contributed by atoms with Crippen LogP contribution in [-0.2, 0) is 26.2 Å². The summed E-state index contributed by atoms with van der Waals surface area (Å²) < 4.78 is 28.9. The van der Waals surface area contributed by atoms with Gasteiger partial charge in [0.05, 0.1) is 10.6 Å². The van der Waals surface area contributed by atoms with Crippen LogP contribution < -0.4 is 9.62 Å². The number of hydrogen-bond donors (Lipinski definition) is 1. The molecule has 1 N–H and O–H groups in total. The van der Waals surface area contributed by atoms with Gasteiger partial charge >= 0.3 is 0 Å². The molecule has 0 aliphatic heterocycles. The number of carbonyl (C=O) groups excluding carboxylic acids is 2. The highest BCUT2D eigenvalue weighted by Gasteiger charge is 2.33. The molecule has 0 bridgehead atoms. The van der Waals surface area contributed by atoms with Gasteiger partial charge in [0, 0.05) is 22.6 Å². The van der Waals surface area contributed by atoms with E-state index in [0.717, 1.165) is 15.4 Å². The lowest BCUT2D eigenvalue weighted by atomic mass is 10.1. The molecule has 0 aromatic heterocycles. The lowest BCUT2D eigenvalue weighted by Gasteiger charge is -2.32. The Kier molecular flexibility index (Phi) is 10.6. The van der Waals surface area contributed by atoms with Crippen molar-refractivity contribution in [3.8, 4) is 0 Å². The normalized spacial score (nSPS) is 12.9. The maximum Gasteiger partial charge on any atom is 0.264 e. The van der Waals surface area contributed by atoms with E-state index in [9.17, 15) is 18.0 Å². The number of aryl methyl sites for hydroxylation is 2. The van der Waals surface area contributed by atoms with Gasteiger partial charge in [-0.15, -0.1) is 0 Å². The number of sulfonamides is 1. The fourth-order valence-corrected chi connectivity index (χ4v) is 5.74. The third-order valence-corrected chi connectivity index (χ3v) is 9.36. The van der Waals surface area contributed by atoms with Crippen molar-refractivity contribution < 1.29 is 18.0 Å². The Bertz CT molecular complexity index is 1460. The molecule has 3 aromatic carbocycles. The predicted molar refractivity (Wildman–Crippen MR) is 161 cm³/mol. The Balaban J connectivity index is 2.06. The molecular weight excluding hydrogens is 569 g/mol. The Morgan fingerprint density at radius 1 is 0.925 bits per heavy atom. The maximum atomic E-state index is 14.0. The van der Waals surface area contributed by atoms with Crippen molar-refractivity contribution in [2.45, 2.75) is 64.6 Å². The molecular formula is C30H35Cl2N3O4S. The van der Waals surface area contributed by atoms with E-state index in [1.165, 1.54) is 23.1 Å². The van der Waals surface area contributed by atoms with Crippen molar-refractivity contribution in [3.05, 3.63) is 93.5 Å². The number of rotatable bonds is 11. The first kappa shape index (κ1) is 31.5. The number of halogens is 2. The molecule has 3 aromatic rings. The quantitative estimate of drug-likeness (QED) is 0.285. The molecule has 0 spiro atoms. The molecule has 40 heavy (non-hydrogen) atoms. The van der Waals surface area contributed by atoms with E-state index in [4.69, 9.17) is 23.2 Å². The van der Waals surface area contributed by atoms with Crippen LogP contribution in [0.1, 0.15) is 43.9 Å². The zero-order valence-electron chi connectivity index (χ0n) is 23.3. The van der Waals surface area contributed by atoms with Crippen molar-refractivity contribution in [2.24, 2.45) is 0 Å². The van der Waals surface area contributed by atoms with Crippen LogP contribution in [0.3, 0.4) is 0 Å². The summed E-state index contributed by atoms with van der Waals surface area (Å²) in [4.78, 5) is 28.5. The topological polar surface area (TPSA) is 86.8 Å². The lowest BCUT2D eigenvalue weighted by molar-refractivity contribution is -0.139. The summed E-state index contributed by atoms with van der Waals surface area (Å²) in [6, 6.07) is 17.3. The molecule has 10 heteroatoms. The van der Waals surface area contributed by atoms with Gasteiger partial charge in [-0.3, -0.25) is 13.9 Å². The van der Waals surface area contributed by atoms with Gasteiger partial charge in [0.25, 0.3) is 10.0 Å². The van der Waals surface area contributed by atoms with Crippen LogP contribution in [0.15, 0.2) is 71.6 Å². The Labute approximate surface area is 247 Å². The highest BCUT2D eigenvalue weighted by molar-refractivity contribution is 7.92. The zero-order valence-corrected chi connectivity index (χ0v) is 25.6. The summed E-state index contributed by atoms with van der Waals surface area (Å²) >= 11 is 12.8. The van der Waals surface area contributed by atoms with Crippen molar-refractivity contribution in [1.29, 1.82) is 0 Å². The third kappa shape index (κ3) is 7.56. The van der Waals surface area contributed by atoms with E-state index in [1.807, 2.05) is 20.8 Å². The van der Waals surface area contributed by atoms with Gasteiger partial charge < -0.3 is 10.2 Å². The van der Waals surface area contributed by atoms with Gasteiger partial charge in [0.15, 0.2) is 0 Å². The largest absolute Gasteiger partial charge is 0.352 e. The van der Waals surface area contributed by atoms with Crippen molar-refractivity contribution in [2.75, 3.05) is 10.8 Å². The van der Waals surface area contributed by atoms with E-state index in [0.29, 0.717) is 22.0 Å². The molecule has 2 amide bonds. The first-order chi connectivity index (χ1) is 18.8. The lowest BCUT2D eigenvalue weighted by Crippen LogP contribution is -2.52. The fraction of sp³-hybridized carbons (Fsp3) is 0.333. The summed E-state index contributed by atoms with van der Waals surface area (Å²) in [5.41, 5.74) is 2.53. The molecule has 0 saturated carbocycles. The molecule has 2 atom stereocenters. The first-order valence-corrected chi connectivity index (χ1v) is 15.2. The summed E-state index contributed by atoms with van der Waals surface area (Å²) in [6.07, 6.45) is 0.716. The second-order valence-electron chi connectivity index (χ2n) is 9.87. The Morgan fingerprint density at radius 3 is 2.17 bits per heavy atom. The minimum Gasteiger partial charge on any atom is -0.352 e. The van der Waals surface area contributed by atoms with Gasteiger partial charge in [-0.1, -0.05) is 72.1 Å². The van der Waals surface area contributed by atoms with E-state index in [1.54, 1.807) is 62.4 Å². The van der Waals surface area contributed by atoms with Gasteiger partial charge in [-0.2, -0.15) is 0 Å². The minimum absolute atomic E-state index is 0.0146. The summed E-state index contributed by atoms with van der Waals surface area (Å²) in [5, 5.41) is 3.71. The molecule has 0 fully saturated rings. The van der Waals surface area contributed by atoms with Crippen LogP contribution in [0.5, 0.6) is 0 Å². The fourth-order valence-electron chi connectivity index (χ4n) is 3.96. The first-order valence-electron chi connectivity index (χ1n) is 13.0. The van der Waals surface area contributed by atoms with Crippen LogP contribution in [0, 0.1) is 13.8 Å². The SMILES string of the molecule is CC[C@H](C)NC(=O)[C@H](C)N(Cc1ccccc1Cl)C(=O)CN(c1ccc(C)c(Cl)c1)S(=O)(=O)c1ccc(C)cc1. The molecule has 0 saturated heterocycles. The summed E-state index contributed by atoms with van der Waals surface area (Å²) in [5.74, 6) is -0.916. The van der Waals surface area contributed by atoms with Crippen LogP contribution in [0.4, 0.5) is 5.69 Å². The number of nitrogens with zero attached hydrogens (tertiary/aromatic N) is 2. The number of hydrogen-bond acceptors (Lipinski definition) is 4. The van der Waals surface area contributed by atoms with Crippen LogP contribution in [0.2, 0.25) is 10.0 Å². The van der Waals surface area contributed by atoms with Crippen molar-refractivity contribution >= 4 is 50.7 Å². The van der Waals surface area contributed by atoms with Crippen LogP contribution in [-0.4, -0.2) is 43.8 Å². The molecule has 214 valence electrons. The van der Waals surface area contributed by atoms with Crippen LogP contribution in [0.25, 0.3) is 0 Å². The molecule has 0 aliphatic carbocycles. The maximum absolute atomic E-state index is 14.0. The van der Waals surface area contributed by atoms with Gasteiger partial charge in [-0.25, -0.2) is 8.42 Å². The van der Waals surface area contributed by atoms with Gasteiger partial charge in [-0.05, 0) is 75.6 Å². The third-order valence-electron chi connectivity index (χ3n) is 6.80. The van der Waals surface area contributed by atoms with Crippen LogP contribution >= 0.6 is 23.2 Å². The van der Waals surface area contributed by atoms with E-state index in [-0.39, 0.29) is 29.1 Å². The van der Waals surface area contributed by atoms with E-state index >= 15 is 0 Å². The molecule has 0 heterocycles. The van der Waals surface area contributed by atoms with E-state index in [2.05, 4.69) is 5.32 Å². The molecule has 0 radical (unpaired) electrons. The number of nitrogens with one attached hydrogen (secondary N) is 1. The predicted octanol–water partition coefficient (Wildman–Crippen LogP) is 6.14. The van der Waals surface area contributed by atoms with E-state index < -0.39 is 28.5 Å². The number of benzene rings is 3. The smallest absolute Gasteiger partial charge is 0.264 e. The zero-order chi connectivity index (χ0) is 29.6. The average molecular weight is 605 g/mol.